The molecule has 0 aliphatic heterocycles. The fourth-order valence-electron chi connectivity index (χ4n) is 3.18. The van der Waals surface area contributed by atoms with Crippen molar-refractivity contribution < 1.29 is 18.9 Å². The number of fused-ring (bicyclic) bond motifs is 1. The van der Waals surface area contributed by atoms with Gasteiger partial charge < -0.3 is 15.2 Å². The first kappa shape index (κ1) is 18.8. The number of ketones is 1. The summed E-state index contributed by atoms with van der Waals surface area (Å²) in [6.45, 7) is 3.84. The predicted molar refractivity (Wildman–Crippen MR) is 104 cm³/mol. The molecule has 5 nitrogen and oxygen atoms in total. The number of likely N-dealkylation sites (N-methyl/N-ethyl adjacent to an activating group) is 1. The number of amides is 1. The number of hydrogen-bond donors (Lipinski definition) is 3. The van der Waals surface area contributed by atoms with Crippen molar-refractivity contribution in [1.82, 2.24) is 4.98 Å². The molecule has 2 atom stereocenters. The number of anilines is 1. The van der Waals surface area contributed by atoms with Crippen LogP contribution >= 0.6 is 0 Å². The summed E-state index contributed by atoms with van der Waals surface area (Å²) in [5, 5.41) is 3.62. The first-order valence-electron chi connectivity index (χ1n) is 8.86. The second kappa shape index (κ2) is 7.72. The van der Waals surface area contributed by atoms with E-state index in [1.807, 2.05) is 45.2 Å². The van der Waals surface area contributed by atoms with Gasteiger partial charge in [-0.1, -0.05) is 18.2 Å². The molecular formula is C21H23FN3O2+. The maximum atomic E-state index is 13.0. The second-order valence-electron chi connectivity index (χ2n) is 6.83. The zero-order chi connectivity index (χ0) is 19.6. The Morgan fingerprint density at radius 1 is 1.15 bits per heavy atom. The van der Waals surface area contributed by atoms with Crippen LogP contribution in [0.1, 0.15) is 23.0 Å². The van der Waals surface area contributed by atoms with Crippen LogP contribution in [-0.4, -0.2) is 36.3 Å². The maximum absolute atomic E-state index is 13.0. The van der Waals surface area contributed by atoms with Crippen LogP contribution < -0.4 is 10.2 Å². The van der Waals surface area contributed by atoms with Crippen LogP contribution in [0.4, 0.5) is 10.1 Å². The lowest BCUT2D eigenvalue weighted by Crippen LogP contribution is -3.14. The predicted octanol–water partition coefficient (Wildman–Crippen LogP) is 2.34. The molecule has 27 heavy (non-hydrogen) atoms. The molecule has 0 saturated heterocycles. The van der Waals surface area contributed by atoms with E-state index in [1.54, 1.807) is 0 Å². The van der Waals surface area contributed by atoms with E-state index < -0.39 is 0 Å². The molecule has 3 aromatic rings. The highest BCUT2D eigenvalue weighted by molar-refractivity contribution is 6.11. The molecule has 1 amide bonds. The van der Waals surface area contributed by atoms with Gasteiger partial charge >= 0.3 is 0 Å². The van der Waals surface area contributed by atoms with Gasteiger partial charge in [0.15, 0.2) is 6.54 Å². The van der Waals surface area contributed by atoms with Crippen LogP contribution in [0.15, 0.2) is 48.5 Å². The topological polar surface area (TPSA) is 66.4 Å². The van der Waals surface area contributed by atoms with E-state index in [1.165, 1.54) is 24.3 Å². The van der Waals surface area contributed by atoms with Gasteiger partial charge in [-0.2, -0.15) is 0 Å². The molecule has 2 aromatic carbocycles. The summed E-state index contributed by atoms with van der Waals surface area (Å²) < 4.78 is 13.0. The molecule has 0 bridgehead atoms. The van der Waals surface area contributed by atoms with Gasteiger partial charge in [0.2, 0.25) is 5.78 Å². The van der Waals surface area contributed by atoms with Crippen molar-refractivity contribution in [1.29, 1.82) is 0 Å². The van der Waals surface area contributed by atoms with Gasteiger partial charge in [-0.3, -0.25) is 9.59 Å². The van der Waals surface area contributed by atoms with Crippen LogP contribution in [0.25, 0.3) is 10.9 Å². The van der Waals surface area contributed by atoms with E-state index in [4.69, 9.17) is 0 Å². The van der Waals surface area contributed by atoms with Crippen molar-refractivity contribution in [3.05, 3.63) is 65.6 Å². The number of nitrogens with one attached hydrogen (secondary N) is 3. The minimum Gasteiger partial charge on any atom is -0.358 e. The number of carbonyl (C=O) groups is 2. The summed E-state index contributed by atoms with van der Waals surface area (Å²) in [5.41, 5.74) is 2.96. The van der Waals surface area contributed by atoms with Crippen LogP contribution in [0.5, 0.6) is 0 Å². The number of hydrogen-bond acceptors (Lipinski definition) is 2. The van der Waals surface area contributed by atoms with Crippen LogP contribution in [0.2, 0.25) is 0 Å². The lowest BCUT2D eigenvalue weighted by molar-refractivity contribution is -0.885. The van der Waals surface area contributed by atoms with Gasteiger partial charge in [0, 0.05) is 22.3 Å². The number of para-hydroxylation sites is 1. The summed E-state index contributed by atoms with van der Waals surface area (Å²) in [6, 6.07) is 12.9. The van der Waals surface area contributed by atoms with Crippen molar-refractivity contribution in [3.8, 4) is 0 Å². The Balaban J connectivity index is 1.69. The number of H-pyrrole nitrogens is 1. The number of quaternary nitrogens is 1. The van der Waals surface area contributed by atoms with Gasteiger partial charge in [0.1, 0.15) is 11.9 Å². The number of halogens is 1. The van der Waals surface area contributed by atoms with E-state index in [-0.39, 0.29) is 30.1 Å². The largest absolute Gasteiger partial charge is 0.358 e. The number of carbonyl (C=O) groups excluding carboxylic acids is 2. The molecule has 0 spiro atoms. The number of aromatic amines is 1. The Morgan fingerprint density at radius 2 is 1.81 bits per heavy atom. The van der Waals surface area contributed by atoms with E-state index >= 15 is 0 Å². The molecule has 0 radical (unpaired) electrons. The molecule has 3 rings (SSSR count). The molecule has 1 heterocycles. The minimum absolute atomic E-state index is 0.00275. The van der Waals surface area contributed by atoms with E-state index in [2.05, 4.69) is 10.3 Å². The smallest absolute Gasteiger partial charge is 0.279 e. The average molecular weight is 368 g/mol. The van der Waals surface area contributed by atoms with Gasteiger partial charge in [0.05, 0.1) is 12.6 Å². The Morgan fingerprint density at radius 3 is 2.52 bits per heavy atom. The number of Topliss-reactive ketones (excluding diaryl/α,β-unsaturated/α-hetero) is 1. The van der Waals surface area contributed by atoms with Crippen LogP contribution in [-0.2, 0) is 4.79 Å². The standard InChI is InChI=1S/C21H22FN3O2/c1-13-20(17-6-4-5-7-18(17)23-13)21(27)14(2)25(3)12-19(26)24-16-10-8-15(22)9-11-16/h4-11,14,23H,12H2,1-3H3,(H,24,26)/p+1/t14-/m0/s1. The summed E-state index contributed by atoms with van der Waals surface area (Å²) >= 11 is 0. The lowest BCUT2D eigenvalue weighted by atomic mass is 10.0. The molecule has 0 fully saturated rings. The number of aryl methyl sites for hydroxylation is 1. The lowest BCUT2D eigenvalue weighted by Gasteiger charge is -2.20. The van der Waals surface area contributed by atoms with Crippen LogP contribution in [0, 0.1) is 12.7 Å². The third-order valence-corrected chi connectivity index (χ3v) is 4.84. The highest BCUT2D eigenvalue weighted by Crippen LogP contribution is 2.22. The summed E-state index contributed by atoms with van der Waals surface area (Å²) in [4.78, 5) is 29.3. The maximum Gasteiger partial charge on any atom is 0.279 e. The van der Waals surface area contributed by atoms with Crippen molar-refractivity contribution in [2.45, 2.75) is 19.9 Å². The quantitative estimate of drug-likeness (QED) is 0.585. The zero-order valence-electron chi connectivity index (χ0n) is 15.6. The highest BCUT2D eigenvalue weighted by atomic mass is 19.1. The Kier molecular flexibility index (Phi) is 5.37. The molecule has 0 saturated carbocycles. The van der Waals surface area contributed by atoms with Gasteiger partial charge in [-0.15, -0.1) is 0 Å². The highest BCUT2D eigenvalue weighted by Gasteiger charge is 2.28. The van der Waals surface area contributed by atoms with Crippen molar-refractivity contribution in [3.63, 3.8) is 0 Å². The minimum atomic E-state index is -0.387. The number of aromatic nitrogens is 1. The van der Waals surface area contributed by atoms with E-state index in [0.717, 1.165) is 21.5 Å². The third-order valence-electron chi connectivity index (χ3n) is 4.84. The molecule has 0 aliphatic carbocycles. The molecule has 6 heteroatoms. The SMILES string of the molecule is Cc1[nH]c2ccccc2c1C(=O)[C@H](C)[NH+](C)CC(=O)Nc1ccc(F)cc1. The van der Waals surface area contributed by atoms with Crippen molar-refractivity contribution in [2.75, 3.05) is 18.9 Å². The van der Waals surface area contributed by atoms with E-state index in [9.17, 15) is 14.0 Å². The Labute approximate surface area is 157 Å². The van der Waals surface area contributed by atoms with Crippen molar-refractivity contribution in [2.24, 2.45) is 0 Å². The molecule has 1 aromatic heterocycles. The fourth-order valence-corrected chi connectivity index (χ4v) is 3.18. The van der Waals surface area contributed by atoms with Crippen molar-refractivity contribution >= 4 is 28.3 Å². The molecule has 0 aliphatic rings. The van der Waals surface area contributed by atoms with Gasteiger partial charge in [-0.05, 0) is 44.2 Å². The number of benzene rings is 2. The molecular weight excluding hydrogens is 345 g/mol. The molecule has 140 valence electrons. The van der Waals surface area contributed by atoms with E-state index in [0.29, 0.717) is 11.3 Å². The fraction of sp³-hybridized carbons (Fsp3) is 0.238. The van der Waals surface area contributed by atoms with Crippen LogP contribution in [0.3, 0.4) is 0 Å². The summed E-state index contributed by atoms with van der Waals surface area (Å²) in [7, 11) is 1.82. The first-order valence-corrected chi connectivity index (χ1v) is 8.86. The monoisotopic (exact) mass is 368 g/mol. The van der Waals surface area contributed by atoms with Gasteiger partial charge in [-0.25, -0.2) is 4.39 Å². The summed E-state index contributed by atoms with van der Waals surface area (Å²) in [6.07, 6.45) is 0. The van der Waals surface area contributed by atoms with Gasteiger partial charge in [0.25, 0.3) is 5.91 Å². The average Bonchev–Trinajstić information content (AvgIpc) is 2.98. The zero-order valence-corrected chi connectivity index (χ0v) is 15.6. The first-order chi connectivity index (χ1) is 12.9. The number of rotatable bonds is 6. The third kappa shape index (κ3) is 4.06. The summed E-state index contributed by atoms with van der Waals surface area (Å²) in [5.74, 6) is -0.588. The Bertz CT molecular complexity index is 979. The normalized spacial score (nSPS) is 13.3. The molecule has 3 N–H and O–H groups in total. The molecule has 1 unspecified atom stereocenters. The second-order valence-corrected chi connectivity index (χ2v) is 6.83. The Hall–Kier alpha value is -2.99.